The van der Waals surface area contributed by atoms with E-state index in [0.717, 1.165) is 50.3 Å². The maximum atomic E-state index is 12.9. The Bertz CT molecular complexity index is 1200. The van der Waals surface area contributed by atoms with Crippen molar-refractivity contribution in [3.63, 3.8) is 0 Å². The fourth-order valence-corrected chi connectivity index (χ4v) is 5.74. The van der Waals surface area contributed by atoms with Crippen molar-refractivity contribution in [3.8, 4) is 5.75 Å². The van der Waals surface area contributed by atoms with Crippen molar-refractivity contribution in [1.29, 1.82) is 0 Å². The summed E-state index contributed by atoms with van der Waals surface area (Å²) in [7, 11) is 0. The van der Waals surface area contributed by atoms with E-state index in [9.17, 15) is 14.4 Å². The number of ether oxygens (including phenoxy) is 1. The molecule has 0 aromatic heterocycles. The third kappa shape index (κ3) is 4.38. The number of nitrogens with zero attached hydrogens (tertiary/aromatic N) is 2. The summed E-state index contributed by atoms with van der Waals surface area (Å²) in [6.45, 7) is 4.21. The first-order valence-electron chi connectivity index (χ1n) is 12.6. The van der Waals surface area contributed by atoms with Gasteiger partial charge < -0.3 is 15.0 Å². The molecule has 3 amide bonds. The standard InChI is InChI=1S/C27H30N4O4/c32-25-8-7-24(26(33)29-25)31-15-19-13-20(4-5-22(19)27(31)34)35-21-9-11-30(16-21)14-17-3-6-23-18(12-17)2-1-10-28-23/h3-6,12-13,21,24,28H,1-2,7-11,14-16H2,(H,29,32,33)/t21-,24?/m0/s1. The third-order valence-electron chi connectivity index (χ3n) is 7.54. The molecular formula is C27H30N4O4. The molecule has 2 saturated heterocycles. The number of likely N-dealkylation sites (tertiary alicyclic amines) is 1. The van der Waals surface area contributed by atoms with Gasteiger partial charge in [0.1, 0.15) is 17.9 Å². The smallest absolute Gasteiger partial charge is 0.255 e. The van der Waals surface area contributed by atoms with Gasteiger partial charge in [0.05, 0.1) is 0 Å². The van der Waals surface area contributed by atoms with E-state index in [2.05, 4.69) is 33.7 Å². The lowest BCUT2D eigenvalue weighted by molar-refractivity contribution is -0.136. The minimum Gasteiger partial charge on any atom is -0.489 e. The summed E-state index contributed by atoms with van der Waals surface area (Å²) in [5, 5.41) is 5.82. The van der Waals surface area contributed by atoms with Crippen LogP contribution in [0.4, 0.5) is 5.69 Å². The number of carbonyl (C=O) groups is 3. The summed E-state index contributed by atoms with van der Waals surface area (Å²) in [6.07, 6.45) is 4.02. The number of benzene rings is 2. The number of piperidine rings is 1. The molecule has 35 heavy (non-hydrogen) atoms. The normalized spacial score (nSPS) is 24.1. The summed E-state index contributed by atoms with van der Waals surface area (Å²) < 4.78 is 6.30. The van der Waals surface area contributed by atoms with Crippen molar-refractivity contribution in [3.05, 3.63) is 58.7 Å². The second-order valence-corrected chi connectivity index (χ2v) is 10.0. The van der Waals surface area contributed by atoms with Gasteiger partial charge in [0.25, 0.3) is 5.91 Å². The van der Waals surface area contributed by atoms with Crippen LogP contribution < -0.4 is 15.4 Å². The van der Waals surface area contributed by atoms with Crippen molar-refractivity contribution in [2.24, 2.45) is 0 Å². The van der Waals surface area contributed by atoms with Gasteiger partial charge >= 0.3 is 0 Å². The molecule has 4 aliphatic rings. The highest BCUT2D eigenvalue weighted by Crippen LogP contribution is 2.31. The molecule has 2 N–H and O–H groups in total. The van der Waals surface area contributed by atoms with E-state index < -0.39 is 6.04 Å². The number of carbonyl (C=O) groups excluding carboxylic acids is 3. The Balaban J connectivity index is 1.07. The zero-order valence-corrected chi connectivity index (χ0v) is 19.7. The van der Waals surface area contributed by atoms with Crippen molar-refractivity contribution < 1.29 is 19.1 Å². The van der Waals surface area contributed by atoms with Crippen molar-refractivity contribution in [2.45, 2.75) is 57.3 Å². The molecule has 0 saturated carbocycles. The average molecular weight is 475 g/mol. The molecule has 2 aromatic carbocycles. The first-order valence-corrected chi connectivity index (χ1v) is 12.6. The van der Waals surface area contributed by atoms with E-state index in [4.69, 9.17) is 4.74 Å². The predicted octanol–water partition coefficient (Wildman–Crippen LogP) is 2.46. The molecule has 2 aromatic rings. The number of imide groups is 1. The van der Waals surface area contributed by atoms with Gasteiger partial charge in [-0.1, -0.05) is 12.1 Å². The monoisotopic (exact) mass is 474 g/mol. The molecule has 8 heteroatoms. The summed E-state index contributed by atoms with van der Waals surface area (Å²) in [5.74, 6) is -0.0674. The van der Waals surface area contributed by atoms with E-state index in [-0.39, 0.29) is 30.2 Å². The molecule has 4 aliphatic heterocycles. The number of hydrogen-bond acceptors (Lipinski definition) is 6. The van der Waals surface area contributed by atoms with Gasteiger partial charge in [0.2, 0.25) is 11.8 Å². The van der Waals surface area contributed by atoms with E-state index in [0.29, 0.717) is 18.5 Å². The van der Waals surface area contributed by atoms with Gasteiger partial charge in [0.15, 0.2) is 0 Å². The first-order chi connectivity index (χ1) is 17.0. The van der Waals surface area contributed by atoms with Crippen molar-refractivity contribution in [1.82, 2.24) is 15.1 Å². The number of fused-ring (bicyclic) bond motifs is 2. The molecule has 0 bridgehead atoms. The van der Waals surface area contributed by atoms with Gasteiger partial charge in [-0.2, -0.15) is 0 Å². The van der Waals surface area contributed by atoms with Gasteiger partial charge in [-0.25, -0.2) is 0 Å². The van der Waals surface area contributed by atoms with Gasteiger partial charge in [-0.05, 0) is 66.6 Å². The molecule has 0 spiro atoms. The largest absolute Gasteiger partial charge is 0.489 e. The molecule has 0 radical (unpaired) electrons. The lowest BCUT2D eigenvalue weighted by Crippen LogP contribution is -2.52. The average Bonchev–Trinajstić information content (AvgIpc) is 3.42. The highest BCUT2D eigenvalue weighted by atomic mass is 16.5. The highest BCUT2D eigenvalue weighted by Gasteiger charge is 2.39. The Labute approximate surface area is 204 Å². The summed E-state index contributed by atoms with van der Waals surface area (Å²) in [6, 6.07) is 11.7. The molecule has 0 aliphatic carbocycles. The predicted molar refractivity (Wildman–Crippen MR) is 130 cm³/mol. The topological polar surface area (TPSA) is 91.0 Å². The van der Waals surface area contributed by atoms with Gasteiger partial charge in [-0.3, -0.25) is 24.6 Å². The SMILES string of the molecule is O=C1CCC(N2Cc3cc(O[C@H]4CCN(Cc5ccc6c(c5)CCCN6)C4)ccc3C2=O)C(=O)N1. The van der Waals surface area contributed by atoms with Gasteiger partial charge in [0, 0.05) is 50.4 Å². The quantitative estimate of drug-likeness (QED) is 0.647. The summed E-state index contributed by atoms with van der Waals surface area (Å²) >= 11 is 0. The van der Waals surface area contributed by atoms with Crippen LogP contribution in [-0.4, -0.2) is 59.3 Å². The maximum absolute atomic E-state index is 12.9. The number of nitrogens with one attached hydrogen (secondary N) is 2. The lowest BCUT2D eigenvalue weighted by atomic mass is 10.0. The Morgan fingerprint density at radius 1 is 1.00 bits per heavy atom. The van der Waals surface area contributed by atoms with E-state index in [1.54, 1.807) is 11.0 Å². The van der Waals surface area contributed by atoms with Crippen LogP contribution in [0.5, 0.6) is 5.75 Å². The Kier molecular flexibility index (Phi) is 5.68. The van der Waals surface area contributed by atoms with Crippen LogP contribution in [0.1, 0.15) is 52.7 Å². The fourth-order valence-electron chi connectivity index (χ4n) is 5.74. The molecule has 6 rings (SSSR count). The number of rotatable bonds is 5. The highest BCUT2D eigenvalue weighted by molar-refractivity contribution is 6.05. The van der Waals surface area contributed by atoms with Crippen LogP contribution in [0.3, 0.4) is 0 Å². The second-order valence-electron chi connectivity index (χ2n) is 10.0. The maximum Gasteiger partial charge on any atom is 0.255 e. The Morgan fingerprint density at radius 3 is 2.80 bits per heavy atom. The Morgan fingerprint density at radius 2 is 1.91 bits per heavy atom. The van der Waals surface area contributed by atoms with E-state index in [1.165, 1.54) is 23.2 Å². The summed E-state index contributed by atoms with van der Waals surface area (Å²) in [5.41, 5.74) is 5.51. The van der Waals surface area contributed by atoms with Crippen LogP contribution in [0.15, 0.2) is 36.4 Å². The number of amides is 3. The first kappa shape index (κ1) is 22.1. The zero-order chi connectivity index (χ0) is 23.9. The van der Waals surface area contributed by atoms with E-state index >= 15 is 0 Å². The molecular weight excluding hydrogens is 444 g/mol. The molecule has 2 fully saturated rings. The molecule has 1 unspecified atom stereocenters. The van der Waals surface area contributed by atoms with Crippen molar-refractivity contribution in [2.75, 3.05) is 25.0 Å². The lowest BCUT2D eigenvalue weighted by Gasteiger charge is -2.29. The fraction of sp³-hybridized carbons (Fsp3) is 0.444. The molecule has 182 valence electrons. The summed E-state index contributed by atoms with van der Waals surface area (Å²) in [4.78, 5) is 40.6. The minimum absolute atomic E-state index is 0.107. The number of hydrogen-bond donors (Lipinski definition) is 2. The van der Waals surface area contributed by atoms with E-state index in [1.807, 2.05) is 12.1 Å². The van der Waals surface area contributed by atoms with Crippen LogP contribution in [-0.2, 0) is 29.1 Å². The molecule has 4 heterocycles. The molecule has 8 nitrogen and oxygen atoms in total. The number of aryl methyl sites for hydroxylation is 1. The van der Waals surface area contributed by atoms with Crippen LogP contribution in [0.25, 0.3) is 0 Å². The van der Waals surface area contributed by atoms with Crippen LogP contribution in [0.2, 0.25) is 0 Å². The Hall–Kier alpha value is -3.39. The van der Waals surface area contributed by atoms with Crippen LogP contribution in [0, 0.1) is 0 Å². The minimum atomic E-state index is -0.597. The van der Waals surface area contributed by atoms with Crippen molar-refractivity contribution >= 4 is 23.4 Å². The second kappa shape index (κ2) is 9.00. The van der Waals surface area contributed by atoms with Gasteiger partial charge in [-0.15, -0.1) is 0 Å². The van der Waals surface area contributed by atoms with Crippen LogP contribution >= 0.6 is 0 Å². The number of anilines is 1. The molecule has 2 atom stereocenters. The third-order valence-corrected chi connectivity index (χ3v) is 7.54. The zero-order valence-electron chi connectivity index (χ0n) is 19.7.